The molecule has 8 heteroatoms. The van der Waals surface area contributed by atoms with Crippen molar-refractivity contribution in [3.63, 3.8) is 0 Å². The molecule has 1 N–H and O–H groups in total. The Kier molecular flexibility index (Phi) is 6.41. The smallest absolute Gasteiger partial charge is 0.348 e. The Morgan fingerprint density at radius 1 is 1.18 bits per heavy atom. The molecular formula is C20H17F3N2OS2. The molecule has 0 unspecified atom stereocenters. The van der Waals surface area contributed by atoms with Gasteiger partial charge in [-0.15, -0.1) is 23.1 Å². The highest BCUT2D eigenvalue weighted by atomic mass is 32.2. The van der Waals surface area contributed by atoms with E-state index in [1.54, 1.807) is 29.5 Å². The third-order valence-corrected chi connectivity index (χ3v) is 5.81. The minimum atomic E-state index is -4.41. The van der Waals surface area contributed by atoms with Gasteiger partial charge in [0.15, 0.2) is 0 Å². The Hall–Kier alpha value is -2.32. The second kappa shape index (κ2) is 8.79. The van der Waals surface area contributed by atoms with Crippen LogP contribution in [0.2, 0.25) is 0 Å². The first-order valence-corrected chi connectivity index (χ1v) is 10.3. The molecule has 3 aromatic rings. The van der Waals surface area contributed by atoms with Gasteiger partial charge in [-0.25, -0.2) is 4.98 Å². The van der Waals surface area contributed by atoms with Gasteiger partial charge in [-0.2, -0.15) is 13.2 Å². The maximum Gasteiger partial charge on any atom is 0.416 e. The van der Waals surface area contributed by atoms with Crippen molar-refractivity contribution >= 4 is 29.0 Å². The summed E-state index contributed by atoms with van der Waals surface area (Å²) in [5, 5.41) is 5.68. The molecule has 0 fully saturated rings. The number of hydrogen-bond acceptors (Lipinski definition) is 4. The fourth-order valence-corrected chi connectivity index (χ4v) is 4.20. The molecular weight excluding hydrogens is 405 g/mol. The number of hydrogen-bond donors (Lipinski definition) is 1. The zero-order valence-electron chi connectivity index (χ0n) is 14.9. The van der Waals surface area contributed by atoms with E-state index in [2.05, 4.69) is 10.3 Å². The molecule has 0 spiro atoms. The van der Waals surface area contributed by atoms with E-state index < -0.39 is 11.7 Å². The molecule has 3 nitrogen and oxygen atoms in total. The second-order valence-corrected chi connectivity index (χ2v) is 8.10. The van der Waals surface area contributed by atoms with Crippen LogP contribution in [0.25, 0.3) is 0 Å². The van der Waals surface area contributed by atoms with Crippen molar-refractivity contribution in [3.8, 4) is 0 Å². The predicted molar refractivity (Wildman–Crippen MR) is 105 cm³/mol. The number of rotatable bonds is 6. The number of halogens is 3. The number of nitrogens with one attached hydrogen (secondary N) is 1. The summed E-state index contributed by atoms with van der Waals surface area (Å²) >= 11 is 3.08. The molecule has 0 radical (unpaired) electrons. The Balaban J connectivity index is 1.66. The first kappa shape index (κ1) is 20.4. The van der Waals surface area contributed by atoms with Crippen LogP contribution in [0.1, 0.15) is 32.2 Å². The van der Waals surface area contributed by atoms with Gasteiger partial charge in [-0.1, -0.05) is 24.3 Å². The van der Waals surface area contributed by atoms with Gasteiger partial charge in [0.2, 0.25) is 0 Å². The molecule has 0 aliphatic carbocycles. The monoisotopic (exact) mass is 422 g/mol. The molecule has 1 amide bonds. The van der Waals surface area contributed by atoms with Crippen molar-refractivity contribution in [2.45, 2.75) is 30.3 Å². The average molecular weight is 422 g/mol. The second-order valence-electron chi connectivity index (χ2n) is 6.02. The number of aryl methyl sites for hydroxylation is 1. The van der Waals surface area contributed by atoms with Crippen LogP contribution in [0.15, 0.2) is 58.8 Å². The van der Waals surface area contributed by atoms with E-state index in [0.717, 1.165) is 27.7 Å². The standard InChI is InChI=1S/C20H17F3N2OS2/c1-13-25-16(11-27-13)12-28-18-8-3-2-7-17(18)19(26)24-10-14-5-4-6-15(9-14)20(21,22)23/h2-9,11H,10,12H2,1H3,(H,24,26). The Morgan fingerprint density at radius 2 is 1.96 bits per heavy atom. The lowest BCUT2D eigenvalue weighted by molar-refractivity contribution is -0.137. The molecule has 3 rings (SSSR count). The average Bonchev–Trinajstić information content (AvgIpc) is 3.09. The number of amides is 1. The molecule has 146 valence electrons. The van der Waals surface area contributed by atoms with Gasteiger partial charge in [0.1, 0.15) is 0 Å². The van der Waals surface area contributed by atoms with Gasteiger partial charge in [0, 0.05) is 22.6 Å². The molecule has 0 saturated carbocycles. The lowest BCUT2D eigenvalue weighted by Crippen LogP contribution is -2.23. The molecule has 1 heterocycles. The van der Waals surface area contributed by atoms with Crippen LogP contribution in [0.5, 0.6) is 0 Å². The summed E-state index contributed by atoms with van der Waals surface area (Å²) in [4.78, 5) is 17.8. The van der Waals surface area contributed by atoms with Gasteiger partial charge in [-0.05, 0) is 36.8 Å². The fourth-order valence-electron chi connectivity index (χ4n) is 2.54. The highest BCUT2D eigenvalue weighted by molar-refractivity contribution is 7.98. The molecule has 0 saturated heterocycles. The van der Waals surface area contributed by atoms with Crippen LogP contribution in [0.3, 0.4) is 0 Å². The molecule has 0 atom stereocenters. The summed E-state index contributed by atoms with van der Waals surface area (Å²) < 4.78 is 38.4. The first-order valence-electron chi connectivity index (χ1n) is 8.40. The third-order valence-electron chi connectivity index (χ3n) is 3.88. The SMILES string of the molecule is Cc1nc(CSc2ccccc2C(=O)NCc2cccc(C(F)(F)F)c2)cs1. The summed E-state index contributed by atoms with van der Waals surface area (Å²) in [5.41, 5.74) is 1.11. The van der Waals surface area contributed by atoms with Crippen molar-refractivity contribution in [2.24, 2.45) is 0 Å². The van der Waals surface area contributed by atoms with Crippen molar-refractivity contribution in [3.05, 3.63) is 81.3 Å². The van der Waals surface area contributed by atoms with Gasteiger partial charge in [0.25, 0.3) is 5.91 Å². The van der Waals surface area contributed by atoms with Crippen molar-refractivity contribution in [2.75, 3.05) is 0 Å². The number of carbonyl (C=O) groups is 1. The fraction of sp³-hybridized carbons (Fsp3) is 0.200. The Bertz CT molecular complexity index is 970. The molecule has 0 bridgehead atoms. The summed E-state index contributed by atoms with van der Waals surface area (Å²) in [7, 11) is 0. The molecule has 0 aliphatic heterocycles. The predicted octanol–water partition coefficient (Wildman–Crippen LogP) is 5.69. The van der Waals surface area contributed by atoms with E-state index >= 15 is 0 Å². The van der Waals surface area contributed by atoms with Crippen LogP contribution < -0.4 is 5.32 Å². The van der Waals surface area contributed by atoms with Crippen molar-refractivity contribution in [1.29, 1.82) is 0 Å². The Labute approximate surface area is 169 Å². The minimum Gasteiger partial charge on any atom is -0.348 e. The van der Waals surface area contributed by atoms with Crippen LogP contribution >= 0.6 is 23.1 Å². The largest absolute Gasteiger partial charge is 0.416 e. The van der Waals surface area contributed by atoms with E-state index in [4.69, 9.17) is 0 Å². The number of benzene rings is 2. The normalized spacial score (nSPS) is 11.4. The summed E-state index contributed by atoms with van der Waals surface area (Å²) in [6, 6.07) is 12.1. The van der Waals surface area contributed by atoms with E-state index in [1.165, 1.54) is 17.8 Å². The lowest BCUT2D eigenvalue weighted by Gasteiger charge is -2.11. The van der Waals surface area contributed by atoms with Crippen LogP contribution in [-0.2, 0) is 18.5 Å². The molecule has 2 aromatic carbocycles. The molecule has 28 heavy (non-hydrogen) atoms. The van der Waals surface area contributed by atoms with Crippen molar-refractivity contribution < 1.29 is 18.0 Å². The number of nitrogens with zero attached hydrogens (tertiary/aromatic N) is 1. The van der Waals surface area contributed by atoms with E-state index in [0.29, 0.717) is 16.9 Å². The first-order chi connectivity index (χ1) is 13.3. The number of carbonyl (C=O) groups excluding carboxylic acids is 1. The number of thiazole rings is 1. The lowest BCUT2D eigenvalue weighted by atomic mass is 10.1. The van der Waals surface area contributed by atoms with Crippen LogP contribution in [0.4, 0.5) is 13.2 Å². The van der Waals surface area contributed by atoms with Gasteiger partial charge < -0.3 is 5.32 Å². The highest BCUT2D eigenvalue weighted by Gasteiger charge is 2.30. The number of alkyl halides is 3. The van der Waals surface area contributed by atoms with E-state index in [-0.39, 0.29) is 12.5 Å². The van der Waals surface area contributed by atoms with E-state index in [9.17, 15) is 18.0 Å². The number of aromatic nitrogens is 1. The maximum atomic E-state index is 12.8. The topological polar surface area (TPSA) is 42.0 Å². The minimum absolute atomic E-state index is 0.0209. The molecule has 1 aromatic heterocycles. The van der Waals surface area contributed by atoms with Gasteiger partial charge in [-0.3, -0.25) is 4.79 Å². The quantitative estimate of drug-likeness (QED) is 0.519. The highest BCUT2D eigenvalue weighted by Crippen LogP contribution is 2.30. The van der Waals surface area contributed by atoms with Gasteiger partial charge >= 0.3 is 6.18 Å². The third kappa shape index (κ3) is 5.36. The number of thioether (sulfide) groups is 1. The van der Waals surface area contributed by atoms with Crippen molar-refractivity contribution in [1.82, 2.24) is 10.3 Å². The summed E-state index contributed by atoms with van der Waals surface area (Å²) in [6.45, 7) is 1.96. The zero-order valence-corrected chi connectivity index (χ0v) is 16.5. The maximum absolute atomic E-state index is 12.8. The summed E-state index contributed by atoms with van der Waals surface area (Å²) in [6.07, 6.45) is -4.41. The Morgan fingerprint density at radius 3 is 2.68 bits per heavy atom. The van der Waals surface area contributed by atoms with Gasteiger partial charge in [0.05, 0.1) is 21.8 Å². The molecule has 0 aliphatic rings. The zero-order chi connectivity index (χ0) is 20.1. The summed E-state index contributed by atoms with van der Waals surface area (Å²) in [5.74, 6) is 0.317. The van der Waals surface area contributed by atoms with Crippen LogP contribution in [-0.4, -0.2) is 10.9 Å². The van der Waals surface area contributed by atoms with E-state index in [1.807, 2.05) is 24.4 Å². The van der Waals surface area contributed by atoms with Crippen LogP contribution in [0, 0.1) is 6.92 Å².